The highest BCUT2D eigenvalue weighted by molar-refractivity contribution is 5.79. The first kappa shape index (κ1) is 24.8. The van der Waals surface area contributed by atoms with E-state index in [0.717, 1.165) is 28.6 Å². The number of hydrogen-bond acceptors (Lipinski definition) is 6. The summed E-state index contributed by atoms with van der Waals surface area (Å²) in [6.07, 6.45) is 3.65. The van der Waals surface area contributed by atoms with Gasteiger partial charge in [0, 0.05) is 49.8 Å². The second-order valence-electron chi connectivity index (χ2n) is 9.02. The van der Waals surface area contributed by atoms with Gasteiger partial charge >= 0.3 is 0 Å². The fourth-order valence-corrected chi connectivity index (χ4v) is 4.40. The molecule has 1 saturated heterocycles. The van der Waals surface area contributed by atoms with Crippen LogP contribution in [0.5, 0.6) is 11.5 Å². The maximum atomic E-state index is 13.1. The zero-order chi connectivity index (χ0) is 24.8. The summed E-state index contributed by atoms with van der Waals surface area (Å²) in [5.74, 6) is 2.42. The third-order valence-electron chi connectivity index (χ3n) is 6.18. The molecule has 1 aliphatic rings. The lowest BCUT2D eigenvalue weighted by Crippen LogP contribution is -2.42. The van der Waals surface area contributed by atoms with Crippen molar-refractivity contribution in [3.8, 4) is 17.3 Å². The number of aromatic nitrogens is 2. The number of nitrogens with zero attached hydrogens (tertiary/aromatic N) is 4. The van der Waals surface area contributed by atoms with Crippen molar-refractivity contribution in [2.24, 2.45) is 0 Å². The Labute approximate surface area is 207 Å². The third kappa shape index (κ3) is 6.21. The lowest BCUT2D eigenvalue weighted by Gasteiger charge is -2.28. The molecule has 1 amide bonds. The Morgan fingerprint density at radius 2 is 1.80 bits per heavy atom. The first-order valence-corrected chi connectivity index (χ1v) is 11.9. The quantitative estimate of drug-likeness (QED) is 0.469. The van der Waals surface area contributed by atoms with Crippen molar-refractivity contribution in [1.29, 1.82) is 0 Å². The Bertz CT molecular complexity index is 1090. The SMILES string of the molecule is COc1cc(COC2CN(Cc3cccn3-c3ccccn3)CC(=O)N(C(C)C)C2)cc(OC)c1. The average molecular weight is 479 g/mol. The monoisotopic (exact) mass is 478 g/mol. The van der Waals surface area contributed by atoms with Gasteiger partial charge < -0.3 is 23.7 Å². The highest BCUT2D eigenvalue weighted by Gasteiger charge is 2.30. The first-order chi connectivity index (χ1) is 17.0. The molecular formula is C27H34N4O4. The van der Waals surface area contributed by atoms with Crippen LogP contribution in [0.25, 0.3) is 5.82 Å². The van der Waals surface area contributed by atoms with Crippen LogP contribution in [0.15, 0.2) is 60.9 Å². The molecule has 8 nitrogen and oxygen atoms in total. The van der Waals surface area contributed by atoms with Crippen molar-refractivity contribution in [1.82, 2.24) is 19.4 Å². The molecule has 0 saturated carbocycles. The molecule has 0 radical (unpaired) electrons. The van der Waals surface area contributed by atoms with Gasteiger partial charge in [-0.25, -0.2) is 4.98 Å². The van der Waals surface area contributed by atoms with Crippen molar-refractivity contribution >= 4 is 5.91 Å². The number of carbonyl (C=O) groups excluding carboxylic acids is 1. The zero-order valence-electron chi connectivity index (χ0n) is 20.9. The van der Waals surface area contributed by atoms with Gasteiger partial charge in [0.25, 0.3) is 0 Å². The van der Waals surface area contributed by atoms with Gasteiger partial charge in [0.2, 0.25) is 5.91 Å². The van der Waals surface area contributed by atoms with Crippen LogP contribution in [-0.2, 0) is 22.7 Å². The van der Waals surface area contributed by atoms with Gasteiger partial charge in [-0.05, 0) is 55.8 Å². The van der Waals surface area contributed by atoms with Gasteiger partial charge in [0.05, 0.1) is 33.5 Å². The molecule has 0 bridgehead atoms. The van der Waals surface area contributed by atoms with Crippen molar-refractivity contribution in [2.45, 2.75) is 39.1 Å². The van der Waals surface area contributed by atoms with Gasteiger partial charge in [0.1, 0.15) is 17.3 Å². The number of amides is 1. The van der Waals surface area contributed by atoms with Crippen molar-refractivity contribution < 1.29 is 19.0 Å². The summed E-state index contributed by atoms with van der Waals surface area (Å²) in [6, 6.07) is 15.8. The predicted molar refractivity (Wildman–Crippen MR) is 134 cm³/mol. The predicted octanol–water partition coefficient (Wildman–Crippen LogP) is 3.53. The Balaban J connectivity index is 1.51. The van der Waals surface area contributed by atoms with E-state index in [1.165, 1.54) is 0 Å². The maximum Gasteiger partial charge on any atom is 0.237 e. The summed E-state index contributed by atoms with van der Waals surface area (Å²) in [5, 5.41) is 0. The number of rotatable bonds is 9. The summed E-state index contributed by atoms with van der Waals surface area (Å²) in [6.45, 7) is 6.65. The van der Waals surface area contributed by atoms with Crippen molar-refractivity contribution in [3.63, 3.8) is 0 Å². The van der Waals surface area contributed by atoms with Crippen LogP contribution < -0.4 is 9.47 Å². The fourth-order valence-electron chi connectivity index (χ4n) is 4.40. The second-order valence-corrected chi connectivity index (χ2v) is 9.02. The van der Waals surface area contributed by atoms with Gasteiger partial charge in [-0.3, -0.25) is 9.69 Å². The van der Waals surface area contributed by atoms with Crippen molar-refractivity contribution in [2.75, 3.05) is 33.9 Å². The van der Waals surface area contributed by atoms with Crippen LogP contribution in [0.3, 0.4) is 0 Å². The van der Waals surface area contributed by atoms with Crippen LogP contribution in [0.4, 0.5) is 0 Å². The minimum Gasteiger partial charge on any atom is -0.497 e. The second kappa shape index (κ2) is 11.4. The maximum absolute atomic E-state index is 13.1. The highest BCUT2D eigenvalue weighted by atomic mass is 16.5. The molecule has 186 valence electrons. The van der Waals surface area contributed by atoms with Crippen LogP contribution in [0.2, 0.25) is 0 Å². The molecule has 1 aromatic carbocycles. The van der Waals surface area contributed by atoms with E-state index in [0.29, 0.717) is 32.8 Å². The van der Waals surface area contributed by atoms with E-state index in [9.17, 15) is 4.79 Å². The van der Waals surface area contributed by atoms with Crippen LogP contribution in [0, 0.1) is 0 Å². The summed E-state index contributed by atoms with van der Waals surface area (Å²) >= 11 is 0. The normalized spacial score (nSPS) is 17.0. The average Bonchev–Trinajstić information content (AvgIpc) is 3.26. The first-order valence-electron chi connectivity index (χ1n) is 11.9. The summed E-state index contributed by atoms with van der Waals surface area (Å²) in [5.41, 5.74) is 2.04. The molecule has 1 fully saturated rings. The molecule has 2 aromatic heterocycles. The van der Waals surface area contributed by atoms with E-state index in [-0.39, 0.29) is 18.1 Å². The van der Waals surface area contributed by atoms with Crippen LogP contribution in [0.1, 0.15) is 25.1 Å². The molecule has 3 heterocycles. The summed E-state index contributed by atoms with van der Waals surface area (Å²) in [4.78, 5) is 21.7. The van der Waals surface area contributed by atoms with E-state index >= 15 is 0 Å². The van der Waals surface area contributed by atoms with Gasteiger partial charge in [-0.2, -0.15) is 0 Å². The van der Waals surface area contributed by atoms with E-state index in [1.54, 1.807) is 20.4 Å². The topological polar surface area (TPSA) is 69.1 Å². The number of benzene rings is 1. The molecule has 0 N–H and O–H groups in total. The van der Waals surface area contributed by atoms with E-state index in [4.69, 9.17) is 14.2 Å². The van der Waals surface area contributed by atoms with Gasteiger partial charge in [-0.1, -0.05) is 6.07 Å². The zero-order valence-corrected chi connectivity index (χ0v) is 20.9. The minimum absolute atomic E-state index is 0.0999. The Morgan fingerprint density at radius 1 is 1.03 bits per heavy atom. The number of carbonyl (C=O) groups is 1. The Kier molecular flexibility index (Phi) is 8.05. The fraction of sp³-hybridized carbons (Fsp3) is 0.407. The lowest BCUT2D eigenvalue weighted by molar-refractivity contribution is -0.133. The van der Waals surface area contributed by atoms with E-state index in [1.807, 2.05) is 67.4 Å². The third-order valence-corrected chi connectivity index (χ3v) is 6.18. The molecule has 0 spiro atoms. The van der Waals surface area contributed by atoms with Gasteiger partial charge in [0.15, 0.2) is 0 Å². The molecule has 8 heteroatoms. The smallest absolute Gasteiger partial charge is 0.237 e. The van der Waals surface area contributed by atoms with Gasteiger partial charge in [-0.15, -0.1) is 0 Å². The molecule has 1 unspecified atom stereocenters. The Morgan fingerprint density at radius 3 is 2.46 bits per heavy atom. The number of ether oxygens (including phenoxy) is 3. The lowest BCUT2D eigenvalue weighted by atomic mass is 10.2. The van der Waals surface area contributed by atoms with Crippen molar-refractivity contribution in [3.05, 3.63) is 72.2 Å². The van der Waals surface area contributed by atoms with E-state index in [2.05, 4.69) is 20.5 Å². The molecule has 4 rings (SSSR count). The minimum atomic E-state index is -0.140. The van der Waals surface area contributed by atoms with Crippen LogP contribution >= 0.6 is 0 Å². The van der Waals surface area contributed by atoms with Crippen LogP contribution in [-0.4, -0.2) is 71.3 Å². The molecule has 3 aromatic rings. The Hall–Kier alpha value is -3.36. The highest BCUT2D eigenvalue weighted by Crippen LogP contribution is 2.24. The summed E-state index contributed by atoms with van der Waals surface area (Å²) < 4.78 is 19.2. The van der Waals surface area contributed by atoms with E-state index < -0.39 is 0 Å². The molecule has 0 aliphatic carbocycles. The number of hydrogen-bond donors (Lipinski definition) is 0. The molecule has 1 aliphatic heterocycles. The standard InChI is InChI=1S/C27H34N4O4/c1-20(2)31-17-25(35-19-21-12-23(33-3)14-24(13-21)34-4)16-29(18-27(31)32)15-22-8-7-11-30(22)26-9-5-6-10-28-26/h5-14,20,25H,15-19H2,1-4H3. The molecule has 1 atom stereocenters. The largest absolute Gasteiger partial charge is 0.497 e. The summed E-state index contributed by atoms with van der Waals surface area (Å²) in [7, 11) is 3.27. The molecule has 35 heavy (non-hydrogen) atoms. The number of pyridine rings is 1. The number of methoxy groups -OCH3 is 2. The molecular weight excluding hydrogens is 444 g/mol.